The number of sulfonamides is 4. The van der Waals surface area contributed by atoms with E-state index in [4.69, 9.17) is 0 Å². The van der Waals surface area contributed by atoms with E-state index in [1.54, 1.807) is 98.6 Å². The minimum absolute atomic E-state index is 0.0130. The van der Waals surface area contributed by atoms with Crippen LogP contribution in [0.15, 0.2) is 219 Å². The predicted molar refractivity (Wildman–Crippen MR) is 524 cm³/mol. The molecule has 4 aliphatic heterocycles. The van der Waals surface area contributed by atoms with Crippen LogP contribution < -0.4 is 18.9 Å². The lowest BCUT2D eigenvalue weighted by Gasteiger charge is -2.61. The van der Waals surface area contributed by atoms with Gasteiger partial charge in [-0.15, -0.1) is 0 Å². The highest BCUT2D eigenvalue weighted by Crippen LogP contribution is 2.68. The van der Waals surface area contributed by atoms with E-state index in [0.29, 0.717) is 76.5 Å². The molecule has 16 atom stereocenters. The fraction of sp³-hybridized carbons (Fsp3) is 0.505. The summed E-state index contributed by atoms with van der Waals surface area (Å²) in [4.78, 5) is 17.4. The van der Waals surface area contributed by atoms with Crippen molar-refractivity contribution in [3.8, 4) is 45.0 Å². The predicted octanol–water partition coefficient (Wildman–Crippen LogP) is 16.9. The van der Waals surface area contributed by atoms with Crippen molar-refractivity contribution < 1.29 is 71.7 Å². The van der Waals surface area contributed by atoms with Crippen molar-refractivity contribution in [3.63, 3.8) is 0 Å². The molecule has 31 rings (SSSR count). The lowest BCUT2D eigenvalue weighted by Crippen LogP contribution is -2.61. The van der Waals surface area contributed by atoms with E-state index < -0.39 is 64.5 Å². The molecular weight excluding hydrogens is 1870 g/mol. The second kappa shape index (κ2) is 35.5. The maximum Gasteiger partial charge on any atom is 0.240 e. The standard InChI is InChI=1S/2C29H32FN3O3S.C28H30FN3O3S.C23H28FN3O3S/c2*30-23-8-4-7-22-25-15-31-17-33(25)24(27(22)23)11-26(34)29-12-19-9-20(13-29)28(21(10-19)14-29)32-37(35,36)16-18-5-2-1-3-6-18;29-22-8-4-7-21-24-15-30-16-32(24)23(26(21)22)11-25(33)28-12-17-9-18(13-28)27(19(10-17)14-28)31-36(34,35)20-5-2-1-3-6-20;1-31(29,30)26-22-14-5-13-6-15(22)10-23(8-13,9-14)20(28)7-18-21-16(3-2-4-17(21)24)19-11-25-12-27(18)19/h2*1-8,15,17,19-21,24,26,28,32,34H,9-14,16H2;1-8,15-19,23,25,27,31,33H,9-14H2;2-4,11-15,18,20,22,26,28H,5-10H2,1H3/t19?,20?,21?,24-,26+,28?,29?;19?,20?,21?,24-,26-,28?,29?;;/m11../s1. The Morgan fingerprint density at radius 2 is 0.560 bits per heavy atom. The van der Waals surface area contributed by atoms with Crippen molar-refractivity contribution in [2.75, 3.05) is 6.26 Å². The number of fused-ring (bicyclic) bond motifs is 12. The molecule has 12 unspecified atom stereocenters. The summed E-state index contributed by atoms with van der Waals surface area (Å²) in [6.45, 7) is 0. The van der Waals surface area contributed by atoms with Gasteiger partial charge in [-0.25, -0.2) is 90.1 Å². The molecule has 7 aromatic carbocycles. The highest BCUT2D eigenvalue weighted by atomic mass is 32.2. The molecule has 16 bridgehead atoms. The summed E-state index contributed by atoms with van der Waals surface area (Å²) >= 11 is 0. The zero-order valence-electron chi connectivity index (χ0n) is 78.7. The third-order valence-corrected chi connectivity index (χ3v) is 42.1. The van der Waals surface area contributed by atoms with Gasteiger partial charge in [0.1, 0.15) is 23.3 Å². The van der Waals surface area contributed by atoms with Crippen LogP contribution in [-0.2, 0) is 51.6 Å². The van der Waals surface area contributed by atoms with E-state index in [9.17, 15) is 71.7 Å². The van der Waals surface area contributed by atoms with E-state index in [1.807, 2.05) is 109 Å². The molecule has 16 saturated carbocycles. The fourth-order valence-corrected chi connectivity index (χ4v) is 38.0. The van der Waals surface area contributed by atoms with Gasteiger partial charge in [0.05, 0.1) is 144 Å². The molecule has 8 N–H and O–H groups in total. The first-order valence-electron chi connectivity index (χ1n) is 50.8. The van der Waals surface area contributed by atoms with Gasteiger partial charge in [0.2, 0.25) is 40.1 Å². The number of aliphatic hydroxyl groups excluding tert-OH is 4. The highest BCUT2D eigenvalue weighted by molar-refractivity contribution is 7.89. The van der Waals surface area contributed by atoms with Gasteiger partial charge in [0, 0.05) is 68.7 Å². The number of benzene rings is 7. The molecule has 0 saturated heterocycles. The van der Waals surface area contributed by atoms with Crippen molar-refractivity contribution >= 4 is 40.1 Å². The minimum Gasteiger partial charge on any atom is -0.392 e. The largest absolute Gasteiger partial charge is 0.392 e. The van der Waals surface area contributed by atoms with Gasteiger partial charge in [0.15, 0.2) is 0 Å². The summed E-state index contributed by atoms with van der Waals surface area (Å²) in [6, 6.07) is 46.3. The monoisotopic (exact) mass is 1990 g/mol. The van der Waals surface area contributed by atoms with Crippen LogP contribution in [-0.4, -0.2) is 147 Å². The van der Waals surface area contributed by atoms with Gasteiger partial charge in [-0.1, -0.05) is 127 Å². The molecule has 8 heterocycles. The molecule has 0 amide bonds. The number of halogens is 4. The Hall–Kier alpha value is -9.42. The first-order chi connectivity index (χ1) is 67.7. The lowest BCUT2D eigenvalue weighted by atomic mass is 9.46. The van der Waals surface area contributed by atoms with Crippen molar-refractivity contribution in [1.82, 2.24) is 57.1 Å². The average molecular weight is 2000 g/mol. The van der Waals surface area contributed by atoms with Crippen LogP contribution in [0.25, 0.3) is 45.0 Å². The molecule has 742 valence electrons. The van der Waals surface area contributed by atoms with Crippen molar-refractivity contribution in [2.24, 2.45) is 92.7 Å². The first-order valence-corrected chi connectivity index (χ1v) is 57.5. The zero-order chi connectivity index (χ0) is 96.9. The number of rotatable bonds is 25. The van der Waals surface area contributed by atoms with Crippen LogP contribution in [0.3, 0.4) is 0 Å². The Morgan fingerprint density at radius 3 is 0.816 bits per heavy atom. The van der Waals surface area contributed by atoms with E-state index in [-0.39, 0.29) is 152 Å². The molecule has 4 aromatic heterocycles. The third kappa shape index (κ3) is 16.8. The van der Waals surface area contributed by atoms with E-state index in [2.05, 4.69) is 38.8 Å². The SMILES string of the molecule is CS(=O)(=O)NC1C2CC3CC1CC(C(O)CC1c4c(F)cccc4-c4cncn41)(C3)C2.O=S(=O)(Cc1ccccc1)NC1C2CC3CC1CC([C@@H](O)C[C@@H]1c4c(F)cccc4-c4cncn41)(C3)C2.O=S(=O)(Cc1ccccc1)NC1C2CC3CC1CC([C@H](O)C[C@@H]1c4c(F)cccc4-c4cncn41)(C3)C2.O=S(=O)(NC1C2CC3CC1CC(C(O)CC1c4c(F)cccc4-c4cncn41)(C3)C2)c1ccccc1. The number of imidazole rings is 4. The molecule has 24 nitrogen and oxygen atoms in total. The number of aliphatic hydroxyl groups is 4. The fourth-order valence-electron chi connectivity index (χ4n) is 32.7. The summed E-state index contributed by atoms with van der Waals surface area (Å²) < 4.78 is 182. The maximum absolute atomic E-state index is 15.0. The quantitative estimate of drug-likeness (QED) is 0.0246. The molecule has 16 aliphatic carbocycles. The van der Waals surface area contributed by atoms with Crippen LogP contribution in [0, 0.1) is 116 Å². The number of nitrogens with zero attached hydrogens (tertiary/aromatic N) is 8. The van der Waals surface area contributed by atoms with Crippen LogP contribution >= 0.6 is 0 Å². The molecular formula is C109H122F4N12O12S4. The third-order valence-electron chi connectivity index (χ3n) is 37.3. The summed E-state index contributed by atoms with van der Waals surface area (Å²) in [5.74, 6) is 2.95. The number of nitrogens with one attached hydrogen (secondary N) is 4. The average Bonchev–Trinajstić information content (AvgIpc) is 1.41. The van der Waals surface area contributed by atoms with Crippen LogP contribution in [0.5, 0.6) is 0 Å². The maximum atomic E-state index is 15.0. The van der Waals surface area contributed by atoms with Gasteiger partial charge in [0.25, 0.3) is 0 Å². The minimum atomic E-state index is -3.59. The Labute approximate surface area is 821 Å². The van der Waals surface area contributed by atoms with E-state index in [0.717, 1.165) is 185 Å². The summed E-state index contributed by atoms with van der Waals surface area (Å²) in [6.07, 6.45) is 33.2. The lowest BCUT2D eigenvalue weighted by molar-refractivity contribution is -0.134. The Morgan fingerprint density at radius 1 is 0.319 bits per heavy atom. The Kier molecular flexibility index (Phi) is 23.6. The molecule has 20 aliphatic rings. The molecule has 0 radical (unpaired) electrons. The molecule has 141 heavy (non-hydrogen) atoms. The summed E-state index contributed by atoms with van der Waals surface area (Å²) in [7, 11) is -13.8. The summed E-state index contributed by atoms with van der Waals surface area (Å²) in [5, 5.41) is 46.9. The van der Waals surface area contributed by atoms with Gasteiger partial charge in [-0.2, -0.15) is 0 Å². The van der Waals surface area contributed by atoms with Crippen molar-refractivity contribution in [1.29, 1.82) is 0 Å². The number of aromatic nitrogens is 8. The van der Waals surface area contributed by atoms with Crippen LogP contribution in [0.1, 0.15) is 212 Å². The number of hydrogen-bond donors (Lipinski definition) is 8. The van der Waals surface area contributed by atoms with Crippen LogP contribution in [0.4, 0.5) is 17.6 Å². The van der Waals surface area contributed by atoms with Gasteiger partial charge in [-0.05, 0) is 294 Å². The Balaban J connectivity index is 0.000000102. The van der Waals surface area contributed by atoms with Crippen LogP contribution in [0.2, 0.25) is 0 Å². The second-order valence-electron chi connectivity index (χ2n) is 45.6. The second-order valence-corrected chi connectivity index (χ2v) is 52.6. The molecule has 0 spiro atoms. The van der Waals surface area contributed by atoms with Gasteiger partial charge < -0.3 is 38.7 Å². The molecule has 32 heteroatoms. The Bertz CT molecular complexity index is 6830. The smallest absolute Gasteiger partial charge is 0.240 e. The topological polar surface area (TPSA) is 337 Å². The summed E-state index contributed by atoms with van der Waals surface area (Å²) in [5.41, 5.74) is 10.2. The van der Waals surface area contributed by atoms with Gasteiger partial charge >= 0.3 is 0 Å². The number of hydrogen-bond acceptors (Lipinski definition) is 16. The first kappa shape index (κ1) is 93.9. The highest BCUT2D eigenvalue weighted by Gasteiger charge is 2.64. The van der Waals surface area contributed by atoms with Crippen molar-refractivity contribution in [3.05, 3.63) is 271 Å². The van der Waals surface area contributed by atoms with Gasteiger partial charge in [-0.3, -0.25) is 0 Å². The molecule has 11 aromatic rings. The molecule has 16 fully saturated rings. The van der Waals surface area contributed by atoms with E-state index >= 15 is 0 Å². The van der Waals surface area contributed by atoms with Crippen molar-refractivity contribution in [2.45, 2.75) is 243 Å². The normalized spacial score (nSPS) is 33.4. The van der Waals surface area contributed by atoms with E-state index in [1.165, 1.54) is 30.5 Å². The zero-order valence-corrected chi connectivity index (χ0v) is 82.0.